The summed E-state index contributed by atoms with van der Waals surface area (Å²) in [6, 6.07) is 5.73. The number of rotatable bonds is 4. The fourth-order valence-electron chi connectivity index (χ4n) is 3.09. The number of likely N-dealkylation sites (N-methyl/N-ethyl adjacent to an activating group) is 1. The molecule has 2 N–H and O–H groups in total. The lowest BCUT2D eigenvalue weighted by atomic mass is 10.3. The Kier molecular flexibility index (Phi) is 4.59. The maximum atomic E-state index is 12.1. The van der Waals surface area contributed by atoms with Crippen LogP contribution in [0.3, 0.4) is 0 Å². The van der Waals surface area contributed by atoms with Crippen LogP contribution in [0, 0.1) is 0 Å². The Labute approximate surface area is 156 Å². The Bertz CT molecular complexity index is 1010. The molecule has 1 saturated heterocycles. The number of allylic oxidation sites excluding steroid dienone is 1. The molecule has 0 aliphatic carbocycles. The van der Waals surface area contributed by atoms with E-state index in [0.29, 0.717) is 22.7 Å². The Morgan fingerprint density at radius 3 is 2.67 bits per heavy atom. The van der Waals surface area contributed by atoms with Crippen molar-refractivity contribution in [3.63, 3.8) is 0 Å². The van der Waals surface area contributed by atoms with Gasteiger partial charge in [0.15, 0.2) is 11.3 Å². The van der Waals surface area contributed by atoms with Crippen molar-refractivity contribution >= 4 is 34.6 Å². The molecule has 0 aromatic carbocycles. The number of aromatic amines is 1. The second-order valence-electron chi connectivity index (χ2n) is 6.58. The zero-order valence-corrected chi connectivity index (χ0v) is 15.4. The molecule has 1 aliphatic heterocycles. The highest BCUT2D eigenvalue weighted by Gasteiger charge is 2.14. The number of nitrogens with one attached hydrogen (secondary N) is 2. The van der Waals surface area contributed by atoms with Crippen LogP contribution in [0.25, 0.3) is 17.2 Å². The molecule has 3 aromatic heterocycles. The van der Waals surface area contributed by atoms with Crippen LogP contribution >= 0.6 is 0 Å². The van der Waals surface area contributed by atoms with E-state index in [2.05, 4.69) is 48.5 Å². The molecule has 0 bridgehead atoms. The minimum atomic E-state index is -0.225. The second-order valence-corrected chi connectivity index (χ2v) is 6.58. The largest absolute Gasteiger partial charge is 0.368 e. The van der Waals surface area contributed by atoms with E-state index in [1.165, 1.54) is 4.68 Å². The van der Waals surface area contributed by atoms with Crippen LogP contribution in [-0.4, -0.2) is 63.1 Å². The minimum Gasteiger partial charge on any atom is -0.368 e. The SMILES string of the molecule is CC=Cn1[nH]c2cc(Nc3ccc(N4CCN(C)CC4)cn3)nnc2c1=O. The molecule has 1 fully saturated rings. The van der Waals surface area contributed by atoms with Gasteiger partial charge in [-0.2, -0.15) is 0 Å². The van der Waals surface area contributed by atoms with E-state index >= 15 is 0 Å². The van der Waals surface area contributed by atoms with Crippen molar-refractivity contribution in [2.24, 2.45) is 0 Å². The first kappa shape index (κ1) is 17.2. The van der Waals surface area contributed by atoms with Gasteiger partial charge in [0.05, 0.1) is 17.4 Å². The van der Waals surface area contributed by atoms with Crippen LogP contribution in [0.2, 0.25) is 0 Å². The lowest BCUT2D eigenvalue weighted by molar-refractivity contribution is 0.313. The van der Waals surface area contributed by atoms with Crippen LogP contribution in [-0.2, 0) is 0 Å². The lowest BCUT2D eigenvalue weighted by Gasteiger charge is -2.33. The number of piperazine rings is 1. The van der Waals surface area contributed by atoms with Gasteiger partial charge in [-0.15, -0.1) is 10.2 Å². The molecule has 0 amide bonds. The van der Waals surface area contributed by atoms with Gasteiger partial charge in [-0.25, -0.2) is 9.67 Å². The van der Waals surface area contributed by atoms with Gasteiger partial charge in [0, 0.05) is 38.4 Å². The van der Waals surface area contributed by atoms with E-state index in [0.717, 1.165) is 31.9 Å². The Hall–Kier alpha value is -3.20. The highest BCUT2D eigenvalue weighted by molar-refractivity contribution is 5.76. The maximum absolute atomic E-state index is 12.1. The third-order valence-corrected chi connectivity index (χ3v) is 4.63. The van der Waals surface area contributed by atoms with Crippen LogP contribution in [0.15, 0.2) is 35.3 Å². The van der Waals surface area contributed by atoms with Crippen molar-refractivity contribution in [1.82, 2.24) is 29.9 Å². The van der Waals surface area contributed by atoms with Gasteiger partial charge < -0.3 is 15.1 Å². The van der Waals surface area contributed by atoms with Gasteiger partial charge in [0.1, 0.15) is 5.82 Å². The highest BCUT2D eigenvalue weighted by Crippen LogP contribution is 2.19. The average Bonchev–Trinajstić information content (AvgIpc) is 2.99. The van der Waals surface area contributed by atoms with E-state index in [-0.39, 0.29) is 5.56 Å². The minimum absolute atomic E-state index is 0.225. The summed E-state index contributed by atoms with van der Waals surface area (Å²) in [5, 5.41) is 14.2. The number of hydrogen-bond acceptors (Lipinski definition) is 7. The number of H-pyrrole nitrogens is 1. The topological polar surface area (TPSA) is 95.0 Å². The summed E-state index contributed by atoms with van der Waals surface area (Å²) in [6.45, 7) is 5.96. The summed E-state index contributed by atoms with van der Waals surface area (Å²) >= 11 is 0. The van der Waals surface area contributed by atoms with Gasteiger partial charge in [0.25, 0.3) is 5.56 Å². The van der Waals surface area contributed by atoms with Crippen LogP contribution < -0.4 is 15.8 Å². The highest BCUT2D eigenvalue weighted by atomic mass is 16.1. The Balaban J connectivity index is 1.51. The molecule has 3 aromatic rings. The van der Waals surface area contributed by atoms with Gasteiger partial charge >= 0.3 is 0 Å². The number of nitrogens with zero attached hydrogens (tertiary/aromatic N) is 6. The fraction of sp³-hybridized carbons (Fsp3) is 0.333. The van der Waals surface area contributed by atoms with Crippen molar-refractivity contribution in [2.75, 3.05) is 43.4 Å². The molecular formula is C18H22N8O. The molecule has 140 valence electrons. The average molecular weight is 366 g/mol. The number of fused-ring (bicyclic) bond motifs is 1. The first-order valence-corrected chi connectivity index (χ1v) is 8.91. The number of pyridine rings is 1. The van der Waals surface area contributed by atoms with Gasteiger partial charge in [-0.05, 0) is 26.1 Å². The molecule has 0 atom stereocenters. The van der Waals surface area contributed by atoms with Crippen molar-refractivity contribution in [3.05, 3.63) is 40.8 Å². The van der Waals surface area contributed by atoms with Gasteiger partial charge in [0.2, 0.25) is 0 Å². The summed E-state index contributed by atoms with van der Waals surface area (Å²) in [4.78, 5) is 21.3. The first-order chi connectivity index (χ1) is 13.1. The van der Waals surface area contributed by atoms with Crippen LogP contribution in [0.5, 0.6) is 0 Å². The van der Waals surface area contributed by atoms with Crippen molar-refractivity contribution in [1.29, 1.82) is 0 Å². The summed E-state index contributed by atoms with van der Waals surface area (Å²) < 4.78 is 1.38. The molecule has 9 nitrogen and oxygen atoms in total. The molecule has 9 heteroatoms. The maximum Gasteiger partial charge on any atom is 0.299 e. The summed E-state index contributed by atoms with van der Waals surface area (Å²) in [5.74, 6) is 1.20. The van der Waals surface area contributed by atoms with E-state index in [1.54, 1.807) is 18.3 Å². The van der Waals surface area contributed by atoms with Gasteiger partial charge in [-0.3, -0.25) is 9.89 Å². The van der Waals surface area contributed by atoms with Crippen LogP contribution in [0.4, 0.5) is 17.3 Å². The number of anilines is 3. The third-order valence-electron chi connectivity index (χ3n) is 4.63. The van der Waals surface area contributed by atoms with Crippen molar-refractivity contribution in [3.8, 4) is 0 Å². The van der Waals surface area contributed by atoms with E-state index in [1.807, 2.05) is 19.2 Å². The van der Waals surface area contributed by atoms with Crippen molar-refractivity contribution < 1.29 is 0 Å². The normalized spacial score (nSPS) is 15.7. The summed E-state index contributed by atoms with van der Waals surface area (Å²) in [7, 11) is 2.14. The quantitative estimate of drug-likeness (QED) is 0.722. The zero-order valence-electron chi connectivity index (χ0n) is 15.4. The first-order valence-electron chi connectivity index (χ1n) is 8.91. The summed E-state index contributed by atoms with van der Waals surface area (Å²) in [5.41, 5.74) is 1.81. The Morgan fingerprint density at radius 2 is 1.96 bits per heavy atom. The molecule has 0 unspecified atom stereocenters. The zero-order chi connectivity index (χ0) is 18.8. The second kappa shape index (κ2) is 7.20. The predicted octanol–water partition coefficient (Wildman–Crippen LogP) is 1.50. The van der Waals surface area contributed by atoms with E-state index < -0.39 is 0 Å². The molecule has 0 saturated carbocycles. The molecule has 4 rings (SSSR count). The fourth-order valence-corrected chi connectivity index (χ4v) is 3.09. The van der Waals surface area contributed by atoms with Crippen LogP contribution in [0.1, 0.15) is 6.92 Å². The van der Waals surface area contributed by atoms with E-state index in [4.69, 9.17) is 0 Å². The lowest BCUT2D eigenvalue weighted by Crippen LogP contribution is -2.44. The smallest absolute Gasteiger partial charge is 0.299 e. The standard InChI is InChI=1S/C18H22N8O/c1-3-6-26-18(27)17-14(23-26)11-16(21-22-17)20-15-5-4-13(12-19-15)25-9-7-24(2)8-10-25/h3-6,11-12,23H,7-10H2,1-2H3,(H,19,20,21). The molecule has 1 aliphatic rings. The molecule has 4 heterocycles. The molecular weight excluding hydrogens is 344 g/mol. The van der Waals surface area contributed by atoms with Gasteiger partial charge in [-0.1, -0.05) is 6.08 Å². The molecule has 0 spiro atoms. The monoisotopic (exact) mass is 366 g/mol. The molecule has 27 heavy (non-hydrogen) atoms. The van der Waals surface area contributed by atoms with E-state index in [9.17, 15) is 4.79 Å². The predicted molar refractivity (Wildman–Crippen MR) is 106 cm³/mol. The summed E-state index contributed by atoms with van der Waals surface area (Å²) in [6.07, 6.45) is 5.29. The van der Waals surface area contributed by atoms with Crippen molar-refractivity contribution in [2.45, 2.75) is 6.92 Å². The number of hydrogen-bond donors (Lipinski definition) is 2. The molecule has 0 radical (unpaired) electrons. The Morgan fingerprint density at radius 1 is 1.15 bits per heavy atom. The third kappa shape index (κ3) is 3.54. The number of aromatic nitrogens is 5.